The van der Waals surface area contributed by atoms with Crippen LogP contribution in [-0.2, 0) is 0 Å². The monoisotopic (exact) mass is 275 g/mol. The van der Waals surface area contributed by atoms with Crippen LogP contribution in [0.1, 0.15) is 37.6 Å². The Labute approximate surface area is 121 Å². The number of ether oxygens (including phenoxy) is 1. The highest BCUT2D eigenvalue weighted by molar-refractivity contribution is 5.96. The predicted octanol–water partition coefficient (Wildman–Crippen LogP) is 3.25. The number of hydrogen-bond donors (Lipinski definition) is 0. The van der Waals surface area contributed by atoms with Gasteiger partial charge in [-0.2, -0.15) is 0 Å². The van der Waals surface area contributed by atoms with E-state index in [1.807, 2.05) is 24.3 Å². The maximum atomic E-state index is 11.5. The highest BCUT2D eigenvalue weighted by Gasteiger charge is 2.21. The molecule has 3 heteroatoms. The van der Waals surface area contributed by atoms with E-state index in [0.717, 1.165) is 31.5 Å². The molecule has 20 heavy (non-hydrogen) atoms. The number of hydrogen-bond acceptors (Lipinski definition) is 3. The van der Waals surface area contributed by atoms with Crippen molar-refractivity contribution >= 4 is 5.78 Å². The van der Waals surface area contributed by atoms with E-state index in [-0.39, 0.29) is 5.78 Å². The van der Waals surface area contributed by atoms with Crippen LogP contribution >= 0.6 is 0 Å². The molecule has 0 saturated carbocycles. The minimum absolute atomic E-state index is 0.0563. The van der Waals surface area contributed by atoms with Gasteiger partial charge in [0.2, 0.25) is 0 Å². The van der Waals surface area contributed by atoms with Crippen molar-refractivity contribution in [3.8, 4) is 5.75 Å². The summed E-state index contributed by atoms with van der Waals surface area (Å²) in [6, 6.07) is 7.48. The second-order valence-corrected chi connectivity index (χ2v) is 6.11. The SMILES string of the molecule is CC(=O)c1ccccc1OCCN1CC(C)CC(C)C1. The first kappa shape index (κ1) is 15.0. The van der Waals surface area contributed by atoms with Crippen molar-refractivity contribution in [3.05, 3.63) is 29.8 Å². The predicted molar refractivity (Wildman–Crippen MR) is 81.3 cm³/mol. The standard InChI is InChI=1S/C17H25NO2/c1-13-10-14(2)12-18(11-13)8-9-20-17-7-5-4-6-16(17)15(3)19/h4-7,13-14H,8-12H2,1-3H3. The van der Waals surface area contributed by atoms with Crippen molar-refractivity contribution in [3.63, 3.8) is 0 Å². The van der Waals surface area contributed by atoms with Crippen LogP contribution in [0, 0.1) is 11.8 Å². The Kier molecular flexibility index (Phi) is 5.18. The maximum Gasteiger partial charge on any atom is 0.163 e. The zero-order valence-corrected chi connectivity index (χ0v) is 12.8. The highest BCUT2D eigenvalue weighted by Crippen LogP contribution is 2.21. The fourth-order valence-corrected chi connectivity index (χ4v) is 3.14. The maximum absolute atomic E-state index is 11.5. The molecule has 0 aliphatic carbocycles. The van der Waals surface area contributed by atoms with E-state index >= 15 is 0 Å². The van der Waals surface area contributed by atoms with Gasteiger partial charge in [0.1, 0.15) is 12.4 Å². The quantitative estimate of drug-likeness (QED) is 0.773. The third-order valence-electron chi connectivity index (χ3n) is 3.88. The van der Waals surface area contributed by atoms with E-state index < -0.39 is 0 Å². The topological polar surface area (TPSA) is 29.5 Å². The van der Waals surface area contributed by atoms with Gasteiger partial charge in [0.15, 0.2) is 5.78 Å². The van der Waals surface area contributed by atoms with E-state index in [1.165, 1.54) is 6.42 Å². The van der Waals surface area contributed by atoms with Crippen molar-refractivity contribution in [2.45, 2.75) is 27.2 Å². The lowest BCUT2D eigenvalue weighted by Crippen LogP contribution is -2.40. The molecular weight excluding hydrogens is 250 g/mol. The molecule has 1 aliphatic rings. The molecule has 0 amide bonds. The Morgan fingerprint density at radius 2 is 1.90 bits per heavy atom. The van der Waals surface area contributed by atoms with Gasteiger partial charge in [-0.05, 0) is 37.3 Å². The number of carbonyl (C=O) groups is 1. The molecule has 1 heterocycles. The third kappa shape index (κ3) is 4.07. The van der Waals surface area contributed by atoms with Crippen LogP contribution in [0.2, 0.25) is 0 Å². The van der Waals surface area contributed by atoms with E-state index in [2.05, 4.69) is 18.7 Å². The summed E-state index contributed by atoms with van der Waals surface area (Å²) >= 11 is 0. The molecule has 0 radical (unpaired) electrons. The Morgan fingerprint density at radius 3 is 2.55 bits per heavy atom. The first-order chi connectivity index (χ1) is 9.56. The Morgan fingerprint density at radius 1 is 1.25 bits per heavy atom. The van der Waals surface area contributed by atoms with E-state index in [1.54, 1.807) is 6.92 Å². The molecule has 1 saturated heterocycles. The van der Waals surface area contributed by atoms with E-state index in [4.69, 9.17) is 4.74 Å². The summed E-state index contributed by atoms with van der Waals surface area (Å²) in [4.78, 5) is 14.0. The van der Waals surface area contributed by atoms with Crippen LogP contribution in [0.4, 0.5) is 0 Å². The summed E-state index contributed by atoms with van der Waals surface area (Å²) in [5, 5.41) is 0. The number of ketones is 1. The molecule has 1 aliphatic heterocycles. The van der Waals surface area contributed by atoms with Crippen molar-refractivity contribution in [1.29, 1.82) is 0 Å². The smallest absolute Gasteiger partial charge is 0.163 e. The molecular formula is C17H25NO2. The second-order valence-electron chi connectivity index (χ2n) is 6.11. The van der Waals surface area contributed by atoms with Gasteiger partial charge in [-0.1, -0.05) is 26.0 Å². The lowest BCUT2D eigenvalue weighted by molar-refractivity contribution is 0.100. The van der Waals surface area contributed by atoms with Crippen LogP contribution in [-0.4, -0.2) is 36.9 Å². The molecule has 0 aromatic heterocycles. The Hall–Kier alpha value is -1.35. The van der Waals surface area contributed by atoms with Gasteiger partial charge in [0, 0.05) is 19.6 Å². The lowest BCUT2D eigenvalue weighted by Gasteiger charge is -2.34. The molecule has 0 spiro atoms. The average molecular weight is 275 g/mol. The fourth-order valence-electron chi connectivity index (χ4n) is 3.14. The summed E-state index contributed by atoms with van der Waals surface area (Å²) in [5.74, 6) is 2.30. The van der Waals surface area contributed by atoms with Gasteiger partial charge in [-0.15, -0.1) is 0 Å². The molecule has 1 fully saturated rings. The molecule has 3 nitrogen and oxygen atoms in total. The Bertz CT molecular complexity index is 448. The third-order valence-corrected chi connectivity index (χ3v) is 3.88. The zero-order valence-electron chi connectivity index (χ0n) is 12.8. The Balaban J connectivity index is 1.85. The van der Waals surface area contributed by atoms with Crippen LogP contribution < -0.4 is 4.74 Å². The van der Waals surface area contributed by atoms with E-state index in [0.29, 0.717) is 17.9 Å². The van der Waals surface area contributed by atoms with Crippen molar-refractivity contribution in [2.75, 3.05) is 26.2 Å². The van der Waals surface area contributed by atoms with Gasteiger partial charge in [0.25, 0.3) is 0 Å². The second kappa shape index (κ2) is 6.89. The van der Waals surface area contributed by atoms with Crippen LogP contribution in [0.3, 0.4) is 0 Å². The zero-order chi connectivity index (χ0) is 14.5. The molecule has 110 valence electrons. The summed E-state index contributed by atoms with van der Waals surface area (Å²) in [6.07, 6.45) is 1.32. The van der Waals surface area contributed by atoms with Gasteiger partial charge in [0.05, 0.1) is 5.56 Å². The molecule has 1 aromatic carbocycles. The normalized spacial score (nSPS) is 23.6. The fraction of sp³-hybridized carbons (Fsp3) is 0.588. The van der Waals surface area contributed by atoms with Gasteiger partial charge >= 0.3 is 0 Å². The summed E-state index contributed by atoms with van der Waals surface area (Å²) in [7, 11) is 0. The van der Waals surface area contributed by atoms with Gasteiger partial charge < -0.3 is 4.74 Å². The largest absolute Gasteiger partial charge is 0.491 e. The van der Waals surface area contributed by atoms with Gasteiger partial charge in [-0.25, -0.2) is 0 Å². The first-order valence-electron chi connectivity index (χ1n) is 7.51. The number of rotatable bonds is 5. The first-order valence-corrected chi connectivity index (χ1v) is 7.51. The number of nitrogens with zero attached hydrogens (tertiary/aromatic N) is 1. The minimum Gasteiger partial charge on any atom is -0.491 e. The number of piperidine rings is 1. The van der Waals surface area contributed by atoms with Crippen molar-refractivity contribution in [1.82, 2.24) is 4.90 Å². The van der Waals surface area contributed by atoms with Crippen molar-refractivity contribution < 1.29 is 9.53 Å². The molecule has 2 unspecified atom stereocenters. The summed E-state index contributed by atoms with van der Waals surface area (Å²) in [6.45, 7) is 10.1. The number of carbonyl (C=O) groups excluding carboxylic acids is 1. The minimum atomic E-state index is 0.0563. The van der Waals surface area contributed by atoms with Crippen LogP contribution in [0.5, 0.6) is 5.75 Å². The van der Waals surface area contributed by atoms with Crippen molar-refractivity contribution in [2.24, 2.45) is 11.8 Å². The van der Waals surface area contributed by atoms with Gasteiger partial charge in [-0.3, -0.25) is 9.69 Å². The number of Topliss-reactive ketones (excluding diaryl/α,β-unsaturated/α-hetero) is 1. The number of likely N-dealkylation sites (tertiary alicyclic amines) is 1. The highest BCUT2D eigenvalue weighted by atomic mass is 16.5. The summed E-state index contributed by atoms with van der Waals surface area (Å²) in [5.41, 5.74) is 0.674. The number of benzene rings is 1. The number of para-hydroxylation sites is 1. The molecule has 0 N–H and O–H groups in total. The molecule has 1 aromatic rings. The summed E-state index contributed by atoms with van der Waals surface area (Å²) < 4.78 is 5.81. The average Bonchev–Trinajstić information content (AvgIpc) is 2.38. The molecule has 0 bridgehead atoms. The molecule has 2 atom stereocenters. The lowest BCUT2D eigenvalue weighted by atomic mass is 9.92. The van der Waals surface area contributed by atoms with Crippen LogP contribution in [0.15, 0.2) is 24.3 Å². The van der Waals surface area contributed by atoms with E-state index in [9.17, 15) is 4.79 Å². The molecule has 2 rings (SSSR count). The van der Waals surface area contributed by atoms with Crippen LogP contribution in [0.25, 0.3) is 0 Å².